The fraction of sp³-hybridized carbons (Fsp3) is 0.269. The van der Waals surface area contributed by atoms with Gasteiger partial charge in [-0.3, -0.25) is 15.0 Å². The number of amides is 4. The number of likely N-dealkylation sites (tertiary alicyclic amines) is 1. The predicted octanol–water partition coefficient (Wildman–Crippen LogP) is 4.17. The van der Waals surface area contributed by atoms with Crippen LogP contribution in [0.3, 0.4) is 0 Å². The second-order valence-corrected chi connectivity index (χ2v) is 8.37. The number of rotatable bonds is 4. The maximum atomic E-state index is 12.9. The van der Waals surface area contributed by atoms with Crippen LogP contribution in [-0.4, -0.2) is 35.8 Å². The highest BCUT2D eigenvalue weighted by Gasteiger charge is 2.20. The van der Waals surface area contributed by atoms with Crippen molar-refractivity contribution in [3.63, 3.8) is 0 Å². The number of carbonyl (C=O) groups excluding carboxylic acids is 3. The van der Waals surface area contributed by atoms with Crippen LogP contribution in [-0.2, 0) is 11.2 Å². The van der Waals surface area contributed by atoms with Gasteiger partial charge in [0.15, 0.2) is 0 Å². The number of carbonyl (C=O) groups is 3. The highest BCUT2D eigenvalue weighted by Crippen LogP contribution is 2.20. The molecule has 0 spiro atoms. The third-order valence-corrected chi connectivity index (χ3v) is 5.86. The van der Waals surface area contributed by atoms with Crippen molar-refractivity contribution in [3.05, 3.63) is 77.4 Å². The molecule has 0 aromatic heterocycles. The van der Waals surface area contributed by atoms with Gasteiger partial charge in [-0.25, -0.2) is 10.2 Å². The van der Waals surface area contributed by atoms with Crippen molar-refractivity contribution >= 4 is 34.3 Å². The van der Waals surface area contributed by atoms with E-state index in [4.69, 9.17) is 0 Å². The largest absolute Gasteiger partial charge is 0.339 e. The summed E-state index contributed by atoms with van der Waals surface area (Å²) in [5, 5.41) is 4.84. The topological polar surface area (TPSA) is 90.5 Å². The monoisotopic (exact) mass is 444 g/mol. The lowest BCUT2D eigenvalue weighted by molar-refractivity contribution is -0.121. The molecule has 1 aliphatic rings. The maximum Gasteiger partial charge on any atom is 0.337 e. The molecule has 0 unspecified atom stereocenters. The molecular formula is C26H28N4O3. The van der Waals surface area contributed by atoms with Gasteiger partial charge in [-0.2, -0.15) is 0 Å². The third-order valence-electron chi connectivity index (χ3n) is 5.86. The Balaban J connectivity index is 1.31. The number of nitrogens with one attached hydrogen (secondary N) is 3. The van der Waals surface area contributed by atoms with Gasteiger partial charge < -0.3 is 10.2 Å². The summed E-state index contributed by atoms with van der Waals surface area (Å²) in [6, 6.07) is 18.4. The molecule has 7 nitrogen and oxygen atoms in total. The van der Waals surface area contributed by atoms with Crippen LogP contribution in [0.5, 0.6) is 0 Å². The summed E-state index contributed by atoms with van der Waals surface area (Å²) in [5.74, 6) is -0.342. The molecule has 33 heavy (non-hydrogen) atoms. The van der Waals surface area contributed by atoms with Gasteiger partial charge in [0.05, 0.1) is 6.42 Å². The van der Waals surface area contributed by atoms with Crippen molar-refractivity contribution in [1.29, 1.82) is 0 Å². The first-order chi connectivity index (χ1) is 16.0. The lowest BCUT2D eigenvalue weighted by Gasteiger charge is -2.27. The Bertz CT molecular complexity index is 1190. The second kappa shape index (κ2) is 10.2. The molecule has 4 rings (SSSR count). The number of benzene rings is 3. The first kappa shape index (κ1) is 22.3. The number of aryl methyl sites for hydroxylation is 1. The molecule has 1 heterocycles. The third kappa shape index (κ3) is 5.68. The highest BCUT2D eigenvalue weighted by molar-refractivity contribution is 5.98. The van der Waals surface area contributed by atoms with Gasteiger partial charge in [0.25, 0.3) is 5.91 Å². The van der Waals surface area contributed by atoms with E-state index < -0.39 is 6.03 Å². The lowest BCUT2D eigenvalue weighted by Crippen LogP contribution is -2.44. The highest BCUT2D eigenvalue weighted by atomic mass is 16.2. The number of hydrogen-bond acceptors (Lipinski definition) is 3. The van der Waals surface area contributed by atoms with E-state index in [0.29, 0.717) is 11.3 Å². The first-order valence-electron chi connectivity index (χ1n) is 11.2. The number of nitrogens with zero attached hydrogens (tertiary/aromatic N) is 1. The SMILES string of the molecule is Cc1ccc(NC(=O)NNC(=O)Cc2ccc3ccccc3c2)cc1C(=O)N1CCCCC1. The molecule has 3 aromatic rings. The number of anilines is 1. The van der Waals surface area contributed by atoms with E-state index in [1.54, 1.807) is 12.1 Å². The number of hydrazine groups is 1. The van der Waals surface area contributed by atoms with Gasteiger partial charge >= 0.3 is 6.03 Å². The van der Waals surface area contributed by atoms with Gasteiger partial charge in [0.2, 0.25) is 5.91 Å². The summed E-state index contributed by atoms with van der Waals surface area (Å²) < 4.78 is 0. The molecular weight excluding hydrogens is 416 g/mol. The van der Waals surface area contributed by atoms with Crippen molar-refractivity contribution in [2.24, 2.45) is 0 Å². The minimum atomic E-state index is -0.581. The molecule has 1 aliphatic heterocycles. The molecule has 170 valence electrons. The fourth-order valence-electron chi connectivity index (χ4n) is 4.06. The van der Waals surface area contributed by atoms with Crippen molar-refractivity contribution in [3.8, 4) is 0 Å². The minimum Gasteiger partial charge on any atom is -0.339 e. The van der Waals surface area contributed by atoms with Crippen molar-refractivity contribution in [1.82, 2.24) is 15.8 Å². The van der Waals surface area contributed by atoms with E-state index in [1.165, 1.54) is 0 Å². The van der Waals surface area contributed by atoms with Gasteiger partial charge in [0.1, 0.15) is 0 Å². The van der Waals surface area contributed by atoms with E-state index >= 15 is 0 Å². The number of fused-ring (bicyclic) bond motifs is 1. The van der Waals surface area contributed by atoms with E-state index in [2.05, 4.69) is 16.2 Å². The Morgan fingerprint density at radius 2 is 1.61 bits per heavy atom. The molecule has 0 atom stereocenters. The summed E-state index contributed by atoms with van der Waals surface area (Å²) in [5.41, 5.74) is 7.58. The number of urea groups is 1. The summed E-state index contributed by atoms with van der Waals surface area (Å²) in [4.78, 5) is 39.3. The molecule has 1 fully saturated rings. The van der Waals surface area contributed by atoms with Crippen LogP contribution in [0, 0.1) is 6.92 Å². The molecule has 7 heteroatoms. The van der Waals surface area contributed by atoms with Gasteiger partial charge in [-0.05, 0) is 60.2 Å². The quantitative estimate of drug-likeness (QED) is 0.528. The molecule has 0 bridgehead atoms. The summed E-state index contributed by atoms with van der Waals surface area (Å²) in [6.07, 6.45) is 3.33. The van der Waals surface area contributed by atoms with Crippen molar-refractivity contribution in [2.75, 3.05) is 18.4 Å². The van der Waals surface area contributed by atoms with Gasteiger partial charge in [0, 0.05) is 24.3 Å². The van der Waals surface area contributed by atoms with Gasteiger partial charge in [-0.1, -0.05) is 48.5 Å². The van der Waals surface area contributed by atoms with Crippen LogP contribution in [0.1, 0.15) is 40.7 Å². The predicted molar refractivity (Wildman–Crippen MR) is 129 cm³/mol. The zero-order valence-electron chi connectivity index (χ0n) is 18.7. The first-order valence-corrected chi connectivity index (χ1v) is 11.2. The van der Waals surface area contributed by atoms with Crippen LogP contribution in [0.25, 0.3) is 10.8 Å². The summed E-state index contributed by atoms with van der Waals surface area (Å²) >= 11 is 0. The Hall–Kier alpha value is -3.87. The van der Waals surface area contributed by atoms with E-state index in [9.17, 15) is 14.4 Å². The smallest absolute Gasteiger partial charge is 0.337 e. The van der Waals surface area contributed by atoms with E-state index in [0.717, 1.165) is 54.3 Å². The fourth-order valence-corrected chi connectivity index (χ4v) is 4.06. The van der Waals surface area contributed by atoms with Crippen LogP contribution in [0.15, 0.2) is 60.7 Å². The van der Waals surface area contributed by atoms with Crippen molar-refractivity contribution in [2.45, 2.75) is 32.6 Å². The molecule has 0 aliphatic carbocycles. The normalized spacial score (nSPS) is 13.4. The minimum absolute atomic E-state index is 0.0139. The Labute approximate surface area is 193 Å². The van der Waals surface area contributed by atoms with Crippen molar-refractivity contribution < 1.29 is 14.4 Å². The number of piperidine rings is 1. The lowest BCUT2D eigenvalue weighted by atomic mass is 10.0. The molecule has 0 saturated carbocycles. The average Bonchev–Trinajstić information content (AvgIpc) is 2.84. The molecule has 3 N–H and O–H groups in total. The summed E-state index contributed by atoms with van der Waals surface area (Å²) in [7, 11) is 0. The molecule has 3 aromatic carbocycles. The number of hydrogen-bond donors (Lipinski definition) is 3. The van der Waals surface area contributed by atoms with Gasteiger partial charge in [-0.15, -0.1) is 0 Å². The Kier molecular flexibility index (Phi) is 6.88. The molecule has 4 amide bonds. The van der Waals surface area contributed by atoms with Crippen LogP contribution < -0.4 is 16.2 Å². The van der Waals surface area contributed by atoms with E-state index in [-0.39, 0.29) is 18.2 Å². The van der Waals surface area contributed by atoms with Crippen LogP contribution >= 0.6 is 0 Å². The maximum absolute atomic E-state index is 12.9. The molecule has 0 radical (unpaired) electrons. The zero-order chi connectivity index (χ0) is 23.2. The Morgan fingerprint density at radius 1 is 0.848 bits per heavy atom. The molecule has 1 saturated heterocycles. The summed E-state index contributed by atoms with van der Waals surface area (Å²) in [6.45, 7) is 3.41. The van der Waals surface area contributed by atoms with Crippen LogP contribution in [0.4, 0.5) is 10.5 Å². The van der Waals surface area contributed by atoms with E-state index in [1.807, 2.05) is 60.4 Å². The standard InChI is InChI=1S/C26H28N4O3/c1-18-9-12-22(17-23(18)25(32)30-13-5-2-6-14-30)27-26(33)29-28-24(31)16-19-10-11-20-7-3-4-8-21(20)15-19/h3-4,7-12,15,17H,2,5-6,13-14,16H2,1H3,(H,28,31)(H2,27,29,33). The zero-order valence-corrected chi connectivity index (χ0v) is 18.7. The second-order valence-electron chi connectivity index (χ2n) is 8.37. The Morgan fingerprint density at radius 3 is 2.39 bits per heavy atom. The van der Waals surface area contributed by atoms with Crippen LogP contribution in [0.2, 0.25) is 0 Å². The average molecular weight is 445 g/mol.